The van der Waals surface area contributed by atoms with Crippen LogP contribution in [0.5, 0.6) is 0 Å². The molecule has 10 nitrogen and oxygen atoms in total. The molecular weight excluding hydrogens is 503 g/mol. The first kappa shape index (κ1) is 26.7. The van der Waals surface area contributed by atoms with E-state index in [0.29, 0.717) is 18.8 Å². The minimum atomic E-state index is -1.09. The van der Waals surface area contributed by atoms with Crippen molar-refractivity contribution in [3.63, 3.8) is 0 Å². The summed E-state index contributed by atoms with van der Waals surface area (Å²) in [6.45, 7) is 2.72. The van der Waals surface area contributed by atoms with Crippen LogP contribution in [0.1, 0.15) is 17.4 Å². The highest BCUT2D eigenvalue weighted by Gasteiger charge is 2.35. The molecule has 4 rings (SSSR count). The molecule has 1 aliphatic heterocycles. The van der Waals surface area contributed by atoms with Gasteiger partial charge < -0.3 is 31.7 Å². The van der Waals surface area contributed by atoms with Gasteiger partial charge in [0.15, 0.2) is 11.5 Å². The quantitative estimate of drug-likeness (QED) is 0.394. The maximum Gasteiger partial charge on any atom is 0.407 e. The Balaban J connectivity index is 1.61. The van der Waals surface area contributed by atoms with Gasteiger partial charge in [-0.25, -0.2) is 22.9 Å². The van der Waals surface area contributed by atoms with Crippen molar-refractivity contribution in [1.82, 2.24) is 15.3 Å². The summed E-state index contributed by atoms with van der Waals surface area (Å²) in [5, 5.41) is 5.39. The van der Waals surface area contributed by atoms with Crippen molar-refractivity contribution < 1.29 is 27.5 Å². The number of carbonyl (C=O) groups is 2. The third kappa shape index (κ3) is 5.32. The number of rotatable bonds is 5. The molecular formula is C25H26F3N7O3. The molecule has 0 unspecified atom stereocenters. The van der Waals surface area contributed by atoms with Gasteiger partial charge in [-0.05, 0) is 24.1 Å². The SMILES string of the molecule is COC(=O)N[C@@H]1[C@H](N)CN(c2ccncc2NC(=O)c2nc(-c3c(F)cccc3F)c(F)cc2N)C[C@@H]1C. The largest absolute Gasteiger partial charge is 0.453 e. The van der Waals surface area contributed by atoms with Gasteiger partial charge in [0, 0.05) is 31.4 Å². The minimum Gasteiger partial charge on any atom is -0.453 e. The topological polar surface area (TPSA) is 148 Å². The standard InChI is InChI=1S/C25H26F3N7O3/c1-12-10-35(11-17(30)21(12)34-25(37)38-2)19-6-7-31-9-18(19)32-24(36)23-16(29)8-15(28)22(33-23)20-13(26)4-3-5-14(20)27/h3-9,12,17,21H,10-11,29-30H2,1-2H3,(H,32,36)(H,34,37)/t12-,17+,21-/m0/s1. The number of amides is 2. The van der Waals surface area contributed by atoms with E-state index in [1.807, 2.05) is 11.8 Å². The van der Waals surface area contributed by atoms with Crippen LogP contribution in [0.25, 0.3) is 11.3 Å². The first-order chi connectivity index (χ1) is 18.1. The van der Waals surface area contributed by atoms with Crippen LogP contribution in [-0.2, 0) is 4.74 Å². The predicted octanol–water partition coefficient (Wildman–Crippen LogP) is 2.90. The number of nitrogen functional groups attached to an aromatic ring is 1. The van der Waals surface area contributed by atoms with E-state index in [1.165, 1.54) is 19.5 Å². The van der Waals surface area contributed by atoms with Crippen LogP contribution in [0.15, 0.2) is 42.7 Å². The molecule has 0 radical (unpaired) electrons. The lowest BCUT2D eigenvalue weighted by Gasteiger charge is -2.42. The smallest absolute Gasteiger partial charge is 0.407 e. The highest BCUT2D eigenvalue weighted by Crippen LogP contribution is 2.32. The second kappa shape index (κ2) is 10.9. The van der Waals surface area contributed by atoms with Crippen LogP contribution in [-0.4, -0.2) is 54.3 Å². The van der Waals surface area contributed by atoms with E-state index < -0.39 is 52.4 Å². The Morgan fingerprint density at radius 2 is 1.84 bits per heavy atom. The summed E-state index contributed by atoms with van der Waals surface area (Å²) in [6.07, 6.45) is 2.35. The van der Waals surface area contributed by atoms with Crippen LogP contribution in [0, 0.1) is 23.4 Å². The molecule has 200 valence electrons. The average Bonchev–Trinajstić information content (AvgIpc) is 2.87. The third-order valence-electron chi connectivity index (χ3n) is 6.29. The Hall–Kier alpha value is -4.39. The first-order valence-corrected chi connectivity index (χ1v) is 11.6. The van der Waals surface area contributed by atoms with Gasteiger partial charge in [0.05, 0.1) is 42.0 Å². The van der Waals surface area contributed by atoms with Gasteiger partial charge in [0.25, 0.3) is 5.91 Å². The molecule has 6 N–H and O–H groups in total. The van der Waals surface area contributed by atoms with Gasteiger partial charge in [-0.15, -0.1) is 0 Å². The number of hydrogen-bond acceptors (Lipinski definition) is 8. The maximum atomic E-state index is 14.6. The Labute approximate surface area is 216 Å². The fraction of sp³-hybridized carbons (Fsp3) is 0.280. The normalized spacial score (nSPS) is 19.1. The highest BCUT2D eigenvalue weighted by molar-refractivity contribution is 6.08. The van der Waals surface area contributed by atoms with Crippen LogP contribution >= 0.6 is 0 Å². The third-order valence-corrected chi connectivity index (χ3v) is 6.29. The van der Waals surface area contributed by atoms with Crippen LogP contribution in [0.4, 0.5) is 35.0 Å². The number of aromatic nitrogens is 2. The van der Waals surface area contributed by atoms with Gasteiger partial charge in [-0.1, -0.05) is 13.0 Å². The molecule has 1 aliphatic rings. The maximum absolute atomic E-state index is 14.6. The Morgan fingerprint density at radius 1 is 1.13 bits per heavy atom. The van der Waals surface area contributed by atoms with Crippen molar-refractivity contribution in [2.24, 2.45) is 11.7 Å². The molecule has 0 aliphatic carbocycles. The summed E-state index contributed by atoms with van der Waals surface area (Å²) in [4.78, 5) is 34.7. The zero-order valence-corrected chi connectivity index (χ0v) is 20.5. The van der Waals surface area contributed by atoms with Crippen molar-refractivity contribution in [2.45, 2.75) is 19.0 Å². The summed E-state index contributed by atoms with van der Waals surface area (Å²) < 4.78 is 47.9. The number of pyridine rings is 2. The van der Waals surface area contributed by atoms with Gasteiger partial charge in [-0.3, -0.25) is 9.78 Å². The van der Waals surface area contributed by atoms with Crippen molar-refractivity contribution in [1.29, 1.82) is 0 Å². The number of halogens is 3. The fourth-order valence-electron chi connectivity index (χ4n) is 4.49. The van der Waals surface area contributed by atoms with Crippen molar-refractivity contribution in [2.75, 3.05) is 36.1 Å². The van der Waals surface area contributed by atoms with Gasteiger partial charge >= 0.3 is 6.09 Å². The van der Waals surface area contributed by atoms with Crippen molar-refractivity contribution in [3.05, 3.63) is 65.9 Å². The molecule has 3 atom stereocenters. The Bertz CT molecular complexity index is 1340. The first-order valence-electron chi connectivity index (χ1n) is 11.6. The van der Waals surface area contributed by atoms with Crippen LogP contribution in [0.3, 0.4) is 0 Å². The summed E-state index contributed by atoms with van der Waals surface area (Å²) in [5.74, 6) is -4.09. The second-order valence-corrected chi connectivity index (χ2v) is 8.91. The zero-order chi connectivity index (χ0) is 27.6. The van der Waals surface area contributed by atoms with E-state index in [9.17, 15) is 22.8 Å². The van der Waals surface area contributed by atoms with E-state index in [2.05, 4.69) is 25.3 Å². The molecule has 0 saturated carbocycles. The number of methoxy groups -OCH3 is 1. The number of carbonyl (C=O) groups excluding carboxylic acids is 2. The lowest BCUT2D eigenvalue weighted by atomic mass is 9.90. The number of benzene rings is 1. The molecule has 3 heterocycles. The summed E-state index contributed by atoms with van der Waals surface area (Å²) >= 11 is 0. The van der Waals surface area contributed by atoms with Crippen molar-refractivity contribution in [3.8, 4) is 11.3 Å². The van der Waals surface area contributed by atoms with Gasteiger partial charge in [0.2, 0.25) is 0 Å². The average molecular weight is 530 g/mol. The van der Waals surface area contributed by atoms with E-state index in [1.54, 1.807) is 6.07 Å². The molecule has 1 fully saturated rings. The van der Waals surface area contributed by atoms with Crippen molar-refractivity contribution >= 4 is 29.1 Å². The van der Waals surface area contributed by atoms with E-state index in [0.717, 1.165) is 24.3 Å². The molecule has 13 heteroatoms. The molecule has 1 saturated heterocycles. The molecule has 0 spiro atoms. The highest BCUT2D eigenvalue weighted by atomic mass is 19.1. The molecule has 38 heavy (non-hydrogen) atoms. The zero-order valence-electron chi connectivity index (χ0n) is 20.5. The minimum absolute atomic E-state index is 0.0813. The van der Waals surface area contributed by atoms with Gasteiger partial charge in [-0.2, -0.15) is 0 Å². The molecule has 0 bridgehead atoms. The number of piperidine rings is 1. The molecule has 3 aromatic rings. The lowest BCUT2D eigenvalue weighted by Crippen LogP contribution is -2.62. The fourth-order valence-corrected chi connectivity index (χ4v) is 4.49. The van der Waals surface area contributed by atoms with Crippen LogP contribution in [0.2, 0.25) is 0 Å². The number of nitrogens with two attached hydrogens (primary N) is 2. The predicted molar refractivity (Wildman–Crippen MR) is 135 cm³/mol. The van der Waals surface area contributed by atoms with E-state index in [4.69, 9.17) is 11.5 Å². The van der Waals surface area contributed by atoms with E-state index >= 15 is 0 Å². The number of nitrogens with zero attached hydrogens (tertiary/aromatic N) is 3. The number of anilines is 3. The molecule has 2 amide bonds. The van der Waals surface area contributed by atoms with Crippen LogP contribution < -0.4 is 27.0 Å². The summed E-state index contributed by atoms with van der Waals surface area (Å²) in [7, 11) is 1.27. The monoisotopic (exact) mass is 529 g/mol. The second-order valence-electron chi connectivity index (χ2n) is 8.91. The summed E-state index contributed by atoms with van der Waals surface area (Å²) in [6, 6.07) is 4.70. The molecule has 1 aromatic carbocycles. The van der Waals surface area contributed by atoms with Gasteiger partial charge in [0.1, 0.15) is 17.3 Å². The number of alkyl carbamates (subject to hydrolysis) is 1. The number of nitrogens with one attached hydrogen (secondary N) is 2. The summed E-state index contributed by atoms with van der Waals surface area (Å²) in [5.41, 5.74) is 10.9. The molecule has 2 aromatic heterocycles. The number of ether oxygens (including phenoxy) is 1. The Morgan fingerprint density at radius 3 is 2.50 bits per heavy atom. The Kier molecular flexibility index (Phi) is 7.67. The van der Waals surface area contributed by atoms with E-state index in [-0.39, 0.29) is 23.3 Å². The number of hydrogen-bond donors (Lipinski definition) is 4. The lowest BCUT2D eigenvalue weighted by molar-refractivity contribution is 0.102.